The number of carbonyl (C=O) groups is 2. The van der Waals surface area contributed by atoms with E-state index < -0.39 is 18.1 Å². The molecule has 4 N–H and O–H groups in total. The highest BCUT2D eigenvalue weighted by molar-refractivity contribution is 5.79. The number of piperidine rings is 2. The molecule has 8 rings (SSSR count). The number of amides is 1. The van der Waals surface area contributed by atoms with Crippen LogP contribution in [0, 0.1) is 23.5 Å². The van der Waals surface area contributed by atoms with E-state index in [-0.39, 0.29) is 29.4 Å². The lowest BCUT2D eigenvalue weighted by molar-refractivity contribution is -0.143. The van der Waals surface area contributed by atoms with Crippen molar-refractivity contribution in [3.05, 3.63) is 192 Å². The lowest BCUT2D eigenvalue weighted by Crippen LogP contribution is -2.43. The summed E-state index contributed by atoms with van der Waals surface area (Å²) in [5.74, 6) is 0.149. The molecule has 0 spiro atoms. The number of aliphatic carboxylic acids is 1. The van der Waals surface area contributed by atoms with Crippen molar-refractivity contribution in [2.45, 2.75) is 37.8 Å². The third kappa shape index (κ3) is 15.3. The zero-order chi connectivity index (χ0) is 45.6. The summed E-state index contributed by atoms with van der Waals surface area (Å²) in [5.41, 5.74) is 8.10. The van der Waals surface area contributed by atoms with Crippen LogP contribution in [0.5, 0.6) is 11.5 Å². The molecule has 4 heterocycles. The van der Waals surface area contributed by atoms with Crippen LogP contribution >= 0.6 is 0 Å². The van der Waals surface area contributed by atoms with Gasteiger partial charge in [-0.05, 0) is 113 Å². The number of pyridine rings is 2. The van der Waals surface area contributed by atoms with Crippen LogP contribution in [0.1, 0.15) is 60.3 Å². The molecule has 0 aliphatic carbocycles. The van der Waals surface area contributed by atoms with Crippen LogP contribution in [0.2, 0.25) is 0 Å². The first-order chi connectivity index (χ1) is 31.7. The normalized spacial score (nSPS) is 15.5. The largest absolute Gasteiger partial charge is 0.492 e. The fourth-order valence-corrected chi connectivity index (χ4v) is 7.71. The molecule has 2 aliphatic rings. The molecule has 2 aliphatic heterocycles. The van der Waals surface area contributed by atoms with Crippen LogP contribution in [-0.4, -0.2) is 89.2 Å². The molecule has 2 fully saturated rings. The molecular weight excluding hydrogens is 827 g/mol. The Morgan fingerprint density at radius 2 is 1.03 bits per heavy atom. The van der Waals surface area contributed by atoms with Gasteiger partial charge in [-0.3, -0.25) is 29.4 Å². The highest BCUT2D eigenvalue weighted by Gasteiger charge is 2.29. The van der Waals surface area contributed by atoms with Crippen LogP contribution in [0.25, 0.3) is 0 Å². The number of nitrogens with one attached hydrogen (secondary N) is 1. The lowest BCUT2D eigenvalue weighted by Gasteiger charge is -2.32. The number of halogens is 2. The van der Waals surface area contributed by atoms with Gasteiger partial charge in [0.2, 0.25) is 5.91 Å². The van der Waals surface area contributed by atoms with Crippen molar-refractivity contribution < 1.29 is 33.0 Å². The second kappa shape index (κ2) is 25.7. The number of hydrogen-bond acceptors (Lipinski definition) is 9. The van der Waals surface area contributed by atoms with Gasteiger partial charge in [0, 0.05) is 42.5 Å². The van der Waals surface area contributed by atoms with Gasteiger partial charge in [-0.25, -0.2) is 8.78 Å². The van der Waals surface area contributed by atoms with Crippen molar-refractivity contribution in [2.24, 2.45) is 17.6 Å². The molecule has 2 unspecified atom stereocenters. The minimum absolute atomic E-state index is 0.0518. The molecule has 6 aromatic rings. The minimum atomic E-state index is -0.657. The molecule has 1 amide bonds. The smallest absolute Gasteiger partial charge is 0.306 e. The van der Waals surface area contributed by atoms with Gasteiger partial charge in [-0.15, -0.1) is 0 Å². The fraction of sp³-hybridized carbons (Fsp3) is 0.308. The third-order valence-corrected chi connectivity index (χ3v) is 11.5. The number of ether oxygens (including phenoxy) is 2. The van der Waals surface area contributed by atoms with Crippen LogP contribution in [0.15, 0.2) is 158 Å². The Morgan fingerprint density at radius 3 is 1.49 bits per heavy atom. The first-order valence-corrected chi connectivity index (χ1v) is 22.1. The number of carbonyl (C=O) groups excluding carboxylic acids is 1. The fourth-order valence-electron chi connectivity index (χ4n) is 7.71. The predicted octanol–water partition coefficient (Wildman–Crippen LogP) is 8.35. The Bertz CT molecular complexity index is 2300. The van der Waals surface area contributed by atoms with E-state index in [2.05, 4.69) is 25.1 Å². The van der Waals surface area contributed by atoms with Gasteiger partial charge in [-0.1, -0.05) is 84.9 Å². The van der Waals surface area contributed by atoms with Gasteiger partial charge in [0.1, 0.15) is 36.3 Å². The first-order valence-electron chi connectivity index (χ1n) is 22.1. The summed E-state index contributed by atoms with van der Waals surface area (Å²) >= 11 is 0. The second-order valence-corrected chi connectivity index (χ2v) is 15.9. The number of rotatable bonds is 15. The summed E-state index contributed by atoms with van der Waals surface area (Å²) in [6.07, 6.45) is 6.34. The number of likely N-dealkylation sites (tertiary alicyclic amines) is 2. The molecule has 4 aromatic carbocycles. The Labute approximate surface area is 380 Å². The van der Waals surface area contributed by atoms with Crippen molar-refractivity contribution in [3.63, 3.8) is 0 Å². The number of aromatic nitrogens is 2. The molecule has 13 heteroatoms. The molecule has 0 saturated carbocycles. The van der Waals surface area contributed by atoms with Crippen molar-refractivity contribution in [1.29, 1.82) is 0 Å². The van der Waals surface area contributed by atoms with Gasteiger partial charge < -0.3 is 25.6 Å². The quantitative estimate of drug-likeness (QED) is 0.0921. The van der Waals surface area contributed by atoms with Crippen LogP contribution in [0.4, 0.5) is 8.78 Å². The lowest BCUT2D eigenvalue weighted by atomic mass is 9.94. The number of carboxylic acid groups (broad SMARTS) is 1. The summed E-state index contributed by atoms with van der Waals surface area (Å²) in [6, 6.07) is 42.3. The molecular formula is C52H58F2N6O5. The van der Waals surface area contributed by atoms with E-state index in [9.17, 15) is 18.4 Å². The average Bonchev–Trinajstić information content (AvgIpc) is 3.35. The SMILES string of the molecule is NC(c1ccccn1)c1ccccc1F.O=C(NC(c1ccccn1)c1ccccc1F)C1CCN(CCOc2ccccc2)CC1.O=C(O)C1CCN(CCOc2ccccc2)CC1. The summed E-state index contributed by atoms with van der Waals surface area (Å²) in [4.78, 5) is 36.9. The average molecular weight is 885 g/mol. The number of carboxylic acids is 1. The van der Waals surface area contributed by atoms with Crippen molar-refractivity contribution in [3.8, 4) is 11.5 Å². The first kappa shape index (κ1) is 47.9. The number of nitrogens with zero attached hydrogens (tertiary/aromatic N) is 4. The van der Waals surface area contributed by atoms with E-state index in [0.717, 1.165) is 76.5 Å². The molecule has 0 bridgehead atoms. The van der Waals surface area contributed by atoms with E-state index in [1.165, 1.54) is 12.1 Å². The molecule has 11 nitrogen and oxygen atoms in total. The molecule has 2 saturated heterocycles. The van der Waals surface area contributed by atoms with E-state index in [1.807, 2.05) is 78.9 Å². The number of nitrogens with two attached hydrogens (primary N) is 1. The Balaban J connectivity index is 0.000000178. The van der Waals surface area contributed by atoms with Crippen molar-refractivity contribution >= 4 is 11.9 Å². The van der Waals surface area contributed by atoms with E-state index in [0.29, 0.717) is 35.7 Å². The van der Waals surface area contributed by atoms with E-state index >= 15 is 0 Å². The number of para-hydroxylation sites is 2. The standard InChI is InChI=1S/C26H28FN3O2.C14H19NO3.C12H11FN2/c27-23-11-5-4-10-22(23)25(24-12-6-7-15-28-24)29-26(31)20-13-16-30(17-14-20)18-19-32-21-8-2-1-3-9-21;16-14(17)12-6-8-15(9-7-12)10-11-18-13-4-2-1-3-5-13;13-10-6-2-1-5-9(10)12(14)11-7-3-4-8-15-11/h1-12,15,20,25H,13-14,16-19H2,(H,29,31);1-5,12H,6-11H2,(H,16,17);1-8,12H,14H2. The summed E-state index contributed by atoms with van der Waals surface area (Å²) < 4.78 is 39.3. The molecule has 340 valence electrons. The summed E-state index contributed by atoms with van der Waals surface area (Å²) in [5, 5.41) is 12.0. The number of hydrogen-bond donors (Lipinski definition) is 3. The van der Waals surface area contributed by atoms with Gasteiger partial charge in [0.15, 0.2) is 0 Å². The van der Waals surface area contributed by atoms with Crippen LogP contribution < -0.4 is 20.5 Å². The zero-order valence-corrected chi connectivity index (χ0v) is 36.5. The molecule has 2 aromatic heterocycles. The highest BCUT2D eigenvalue weighted by atomic mass is 19.1. The predicted molar refractivity (Wildman–Crippen MR) is 247 cm³/mol. The van der Waals surface area contributed by atoms with E-state index in [1.54, 1.807) is 67.0 Å². The Kier molecular flexibility index (Phi) is 18.9. The maximum absolute atomic E-state index is 14.5. The highest BCUT2D eigenvalue weighted by Crippen LogP contribution is 2.26. The van der Waals surface area contributed by atoms with Crippen LogP contribution in [-0.2, 0) is 9.59 Å². The monoisotopic (exact) mass is 884 g/mol. The second-order valence-electron chi connectivity index (χ2n) is 15.9. The Hall–Kier alpha value is -6.54. The summed E-state index contributed by atoms with van der Waals surface area (Å²) in [6.45, 7) is 6.35. The summed E-state index contributed by atoms with van der Waals surface area (Å²) in [7, 11) is 0. The maximum Gasteiger partial charge on any atom is 0.306 e. The van der Waals surface area contributed by atoms with Gasteiger partial charge in [-0.2, -0.15) is 0 Å². The van der Waals surface area contributed by atoms with E-state index in [4.69, 9.17) is 20.3 Å². The zero-order valence-electron chi connectivity index (χ0n) is 36.5. The van der Waals surface area contributed by atoms with Gasteiger partial charge in [0.25, 0.3) is 0 Å². The third-order valence-electron chi connectivity index (χ3n) is 11.5. The molecule has 0 radical (unpaired) electrons. The van der Waals surface area contributed by atoms with Crippen molar-refractivity contribution in [2.75, 3.05) is 52.5 Å². The topological polar surface area (TPSA) is 143 Å². The molecule has 2 atom stereocenters. The Morgan fingerprint density at radius 1 is 0.600 bits per heavy atom. The van der Waals surface area contributed by atoms with Crippen molar-refractivity contribution in [1.82, 2.24) is 25.1 Å². The van der Waals surface area contributed by atoms with Gasteiger partial charge >= 0.3 is 5.97 Å². The minimum Gasteiger partial charge on any atom is -0.492 e. The maximum atomic E-state index is 14.5. The molecule has 65 heavy (non-hydrogen) atoms. The van der Waals surface area contributed by atoms with Gasteiger partial charge in [0.05, 0.1) is 29.4 Å². The van der Waals surface area contributed by atoms with Crippen LogP contribution in [0.3, 0.4) is 0 Å². The number of benzene rings is 4.